The predicted molar refractivity (Wildman–Crippen MR) is 211 cm³/mol. The quantitative estimate of drug-likeness (QED) is 0.141. The second-order valence-corrected chi connectivity index (χ2v) is 30.4. The number of benzene rings is 2. The Kier molecular flexibility index (Phi) is 15.0. The molecule has 256 valence electrons. The van der Waals surface area contributed by atoms with Crippen LogP contribution in [0.1, 0.15) is 144 Å². The Morgan fingerprint density at radius 3 is 1.11 bits per heavy atom. The summed E-state index contributed by atoms with van der Waals surface area (Å²) in [4.78, 5) is 0. The van der Waals surface area contributed by atoms with Crippen LogP contribution in [0.4, 0.5) is 0 Å². The van der Waals surface area contributed by atoms with Crippen LogP contribution < -0.4 is 0 Å². The van der Waals surface area contributed by atoms with Crippen LogP contribution in [0.25, 0.3) is 0 Å². The molecule has 0 aromatic heterocycles. The van der Waals surface area contributed by atoms with E-state index in [0.717, 1.165) is 11.8 Å². The van der Waals surface area contributed by atoms with E-state index in [-0.39, 0.29) is 0 Å². The van der Waals surface area contributed by atoms with E-state index in [1.54, 1.807) is 11.1 Å². The Morgan fingerprint density at radius 2 is 0.844 bits per heavy atom. The fourth-order valence-corrected chi connectivity index (χ4v) is 10.8. The maximum Gasteiger partial charge on any atom is 0.0527 e. The molecular formula is C43H76Si2. The number of rotatable bonds is 18. The van der Waals surface area contributed by atoms with Crippen LogP contribution in [-0.4, -0.2) is 16.1 Å². The minimum absolute atomic E-state index is 0.340. The molecule has 0 fully saturated rings. The SMILES string of the molecule is CCC(C)CC(CC(CC[Si](C)(C)C(C)(C)C)(CC[Si](C)(C)C(C)(C)C)CC(CC(C)CC)c1ccccc1)c1ccccc1. The third kappa shape index (κ3) is 12.1. The minimum Gasteiger partial charge on any atom is -0.0690 e. The molecule has 0 radical (unpaired) electrons. The second kappa shape index (κ2) is 16.8. The highest BCUT2D eigenvalue weighted by atomic mass is 28.3. The lowest BCUT2D eigenvalue weighted by Crippen LogP contribution is -2.41. The first kappa shape index (κ1) is 40.1. The van der Waals surface area contributed by atoms with Crippen LogP contribution in [0.5, 0.6) is 0 Å². The van der Waals surface area contributed by atoms with Crippen molar-refractivity contribution in [3.8, 4) is 0 Å². The van der Waals surface area contributed by atoms with Gasteiger partial charge in [0.05, 0.1) is 16.1 Å². The molecule has 0 nitrogen and oxygen atoms in total. The van der Waals surface area contributed by atoms with Gasteiger partial charge >= 0.3 is 0 Å². The van der Waals surface area contributed by atoms with E-state index in [0.29, 0.717) is 27.3 Å². The summed E-state index contributed by atoms with van der Waals surface area (Å²) in [5, 5.41) is 0.840. The molecule has 0 saturated heterocycles. The third-order valence-electron chi connectivity index (χ3n) is 13.3. The summed E-state index contributed by atoms with van der Waals surface area (Å²) in [5.74, 6) is 2.75. The van der Waals surface area contributed by atoms with E-state index in [2.05, 4.69) is 156 Å². The van der Waals surface area contributed by atoms with Crippen molar-refractivity contribution in [2.24, 2.45) is 17.3 Å². The molecule has 2 rings (SSSR count). The van der Waals surface area contributed by atoms with Crippen LogP contribution in [0.15, 0.2) is 60.7 Å². The fraction of sp³-hybridized carbons (Fsp3) is 0.721. The molecular weight excluding hydrogens is 573 g/mol. The molecule has 4 atom stereocenters. The summed E-state index contributed by atoms with van der Waals surface area (Å²) in [6, 6.07) is 26.3. The molecule has 0 amide bonds. The van der Waals surface area contributed by atoms with Gasteiger partial charge in [0.1, 0.15) is 0 Å². The van der Waals surface area contributed by atoms with Gasteiger partial charge in [-0.25, -0.2) is 0 Å². The first-order valence-electron chi connectivity index (χ1n) is 18.9. The lowest BCUT2D eigenvalue weighted by molar-refractivity contribution is 0.166. The molecule has 0 bridgehead atoms. The Bertz CT molecular complexity index is 997. The van der Waals surface area contributed by atoms with Gasteiger partial charge in [0.2, 0.25) is 0 Å². The van der Waals surface area contributed by atoms with E-state index in [1.807, 2.05) is 0 Å². The van der Waals surface area contributed by atoms with Crippen molar-refractivity contribution in [1.29, 1.82) is 0 Å². The van der Waals surface area contributed by atoms with Crippen molar-refractivity contribution in [3.05, 3.63) is 71.8 Å². The smallest absolute Gasteiger partial charge is 0.0527 e. The van der Waals surface area contributed by atoms with Gasteiger partial charge in [-0.1, -0.05) is 181 Å². The van der Waals surface area contributed by atoms with Crippen molar-refractivity contribution >= 4 is 16.1 Å². The molecule has 0 heterocycles. The lowest BCUT2D eigenvalue weighted by Gasteiger charge is -2.47. The third-order valence-corrected chi connectivity index (χ3v) is 24.4. The van der Waals surface area contributed by atoms with Crippen LogP contribution in [0.2, 0.25) is 48.4 Å². The maximum atomic E-state index is 2.69. The first-order chi connectivity index (χ1) is 20.8. The standard InChI is InChI=1S/C43H76Si2/c1-15-35(3)31-39(37-23-19-17-20-24-37)33-43(27-29-44(11,12)41(5,6)7,28-30-45(13,14)42(8,9)10)34-40(32-36(4)16-2)38-25-21-18-22-26-38/h17-26,35-36,39-40H,15-16,27-34H2,1-14H3. The molecule has 2 aromatic rings. The average Bonchev–Trinajstić information content (AvgIpc) is 2.98. The van der Waals surface area contributed by atoms with Crippen LogP contribution >= 0.6 is 0 Å². The Labute approximate surface area is 285 Å². The summed E-state index contributed by atoms with van der Waals surface area (Å²) in [7, 11) is -2.91. The zero-order chi connectivity index (χ0) is 34.1. The average molecular weight is 649 g/mol. The highest BCUT2D eigenvalue weighted by Gasteiger charge is 2.44. The van der Waals surface area contributed by atoms with Crippen LogP contribution in [-0.2, 0) is 0 Å². The highest BCUT2D eigenvalue weighted by molar-refractivity contribution is 6.80. The van der Waals surface area contributed by atoms with Gasteiger partial charge in [-0.15, -0.1) is 0 Å². The van der Waals surface area contributed by atoms with E-state index >= 15 is 0 Å². The zero-order valence-electron chi connectivity index (χ0n) is 32.7. The molecule has 2 aromatic carbocycles. The van der Waals surface area contributed by atoms with Gasteiger partial charge in [0.25, 0.3) is 0 Å². The second-order valence-electron chi connectivity index (χ2n) is 18.9. The number of hydrogen-bond acceptors (Lipinski definition) is 0. The zero-order valence-corrected chi connectivity index (χ0v) is 34.7. The summed E-state index contributed by atoms with van der Waals surface area (Å²) < 4.78 is 0. The Balaban J connectivity index is 2.77. The predicted octanol–water partition coefficient (Wildman–Crippen LogP) is 15.0. The molecule has 4 unspecified atom stereocenters. The van der Waals surface area contributed by atoms with E-state index in [1.165, 1.54) is 63.5 Å². The van der Waals surface area contributed by atoms with Gasteiger partial charge in [0, 0.05) is 0 Å². The molecule has 45 heavy (non-hydrogen) atoms. The fourth-order valence-electron chi connectivity index (χ4n) is 7.00. The summed E-state index contributed by atoms with van der Waals surface area (Å²) in [6.45, 7) is 35.7. The van der Waals surface area contributed by atoms with E-state index < -0.39 is 16.1 Å². The van der Waals surface area contributed by atoms with Crippen molar-refractivity contribution in [2.45, 2.75) is 181 Å². The largest absolute Gasteiger partial charge is 0.0690 e. The van der Waals surface area contributed by atoms with Crippen molar-refractivity contribution in [1.82, 2.24) is 0 Å². The minimum atomic E-state index is -1.45. The number of hydrogen-bond donors (Lipinski definition) is 0. The van der Waals surface area contributed by atoms with Gasteiger partial charge < -0.3 is 0 Å². The van der Waals surface area contributed by atoms with E-state index in [9.17, 15) is 0 Å². The van der Waals surface area contributed by atoms with Crippen molar-refractivity contribution in [3.63, 3.8) is 0 Å². The van der Waals surface area contributed by atoms with Crippen molar-refractivity contribution in [2.75, 3.05) is 0 Å². The molecule has 0 aliphatic heterocycles. The Morgan fingerprint density at radius 1 is 0.533 bits per heavy atom. The van der Waals surface area contributed by atoms with Gasteiger partial charge in [-0.3, -0.25) is 0 Å². The molecule has 0 aliphatic carbocycles. The molecule has 0 spiro atoms. The summed E-state index contributed by atoms with van der Waals surface area (Å²) in [5.41, 5.74) is 3.51. The van der Waals surface area contributed by atoms with Gasteiger partial charge in [0.15, 0.2) is 0 Å². The Hall–Kier alpha value is -1.13. The first-order valence-corrected chi connectivity index (χ1v) is 25.3. The van der Waals surface area contributed by atoms with Gasteiger partial charge in [-0.05, 0) is 88.8 Å². The molecule has 0 aliphatic rings. The topological polar surface area (TPSA) is 0 Å². The normalized spacial score (nSPS) is 16.3. The maximum absolute atomic E-state index is 2.69. The molecule has 0 N–H and O–H groups in total. The summed E-state index contributed by atoms with van der Waals surface area (Å²) >= 11 is 0. The molecule has 0 saturated carbocycles. The monoisotopic (exact) mass is 649 g/mol. The van der Waals surface area contributed by atoms with Crippen LogP contribution in [0, 0.1) is 17.3 Å². The lowest BCUT2D eigenvalue weighted by atomic mass is 9.65. The highest BCUT2D eigenvalue weighted by Crippen LogP contribution is 2.54. The van der Waals surface area contributed by atoms with E-state index in [4.69, 9.17) is 0 Å². The van der Waals surface area contributed by atoms with Crippen LogP contribution in [0.3, 0.4) is 0 Å². The van der Waals surface area contributed by atoms with Gasteiger partial charge in [-0.2, -0.15) is 0 Å². The summed E-state index contributed by atoms with van der Waals surface area (Å²) in [6.07, 6.45) is 10.6. The molecule has 2 heteroatoms. The van der Waals surface area contributed by atoms with Crippen molar-refractivity contribution < 1.29 is 0 Å².